The molecule has 0 radical (unpaired) electrons. The van der Waals surface area contributed by atoms with Crippen molar-refractivity contribution < 1.29 is 38.7 Å². The summed E-state index contributed by atoms with van der Waals surface area (Å²) in [6.45, 7) is 9.53. The third kappa shape index (κ3) is 12.5. The Bertz CT molecular complexity index is 987. The van der Waals surface area contributed by atoms with E-state index in [1.165, 1.54) is 68.9 Å². The summed E-state index contributed by atoms with van der Waals surface area (Å²) in [5.74, 6) is 0.110. The number of carbonyl (C=O) groups excluding carboxylic acids is 2. The summed E-state index contributed by atoms with van der Waals surface area (Å²) in [6.07, 6.45) is 13.2. The van der Waals surface area contributed by atoms with Crippen LogP contribution in [-0.2, 0) is 41.4 Å². The van der Waals surface area contributed by atoms with Crippen LogP contribution in [0.1, 0.15) is 82.3 Å². The summed E-state index contributed by atoms with van der Waals surface area (Å²) in [5, 5.41) is 18.2. The highest BCUT2D eigenvalue weighted by Crippen LogP contribution is 2.37. The van der Waals surface area contributed by atoms with Gasteiger partial charge in [0.05, 0.1) is 50.8 Å². The van der Waals surface area contributed by atoms with Crippen molar-refractivity contribution in [3.63, 3.8) is 0 Å². The highest BCUT2D eigenvalue weighted by atomic mass is 16.7. The van der Waals surface area contributed by atoms with Crippen LogP contribution in [0.2, 0.25) is 0 Å². The molecule has 0 amide bonds. The molecule has 1 heterocycles. The van der Waals surface area contributed by atoms with Crippen LogP contribution in [0.15, 0.2) is 48.6 Å². The van der Waals surface area contributed by atoms with Crippen molar-refractivity contribution in [2.45, 2.75) is 90.3 Å². The van der Waals surface area contributed by atoms with Gasteiger partial charge in [-0.3, -0.25) is 0 Å². The van der Waals surface area contributed by atoms with Gasteiger partial charge in [0.25, 0.3) is 0 Å². The lowest BCUT2D eigenvalue weighted by molar-refractivity contribution is -0.214. The van der Waals surface area contributed by atoms with Crippen LogP contribution in [-0.4, -0.2) is 68.1 Å². The molecule has 0 unspecified atom stereocenters. The van der Waals surface area contributed by atoms with Gasteiger partial charge >= 0.3 is 11.9 Å². The second-order valence-corrected chi connectivity index (χ2v) is 12.6. The van der Waals surface area contributed by atoms with E-state index in [1.807, 2.05) is 0 Å². The normalized spacial score (nSPS) is 22.0. The first-order valence-electron chi connectivity index (χ1n) is 16.5. The zero-order valence-electron chi connectivity index (χ0n) is 26.7. The Hall–Kier alpha value is -2.52. The average Bonchev–Trinajstić information content (AvgIpc) is 3.07. The summed E-state index contributed by atoms with van der Waals surface area (Å²) in [5.41, 5.74) is 2.82. The van der Waals surface area contributed by atoms with Gasteiger partial charge in [-0.1, -0.05) is 70.0 Å². The van der Waals surface area contributed by atoms with Gasteiger partial charge in [-0.25, -0.2) is 9.59 Å². The van der Waals surface area contributed by atoms with Gasteiger partial charge in [0.1, 0.15) is 0 Å². The topological polar surface area (TPSA) is 112 Å². The Kier molecular flexibility index (Phi) is 16.2. The number of aliphatic hydroxyl groups excluding tert-OH is 2. The molecule has 246 valence electrons. The van der Waals surface area contributed by atoms with E-state index < -0.39 is 25.2 Å². The second-order valence-electron chi connectivity index (χ2n) is 12.6. The maximum Gasteiger partial charge on any atom is 0.335 e. The van der Waals surface area contributed by atoms with Gasteiger partial charge in [0.15, 0.2) is 6.29 Å². The molecule has 2 fully saturated rings. The fourth-order valence-electron chi connectivity index (χ4n) is 6.07. The van der Waals surface area contributed by atoms with Crippen LogP contribution < -0.4 is 0 Å². The average molecular weight is 615 g/mol. The van der Waals surface area contributed by atoms with E-state index in [9.17, 15) is 9.59 Å². The molecule has 0 bridgehead atoms. The lowest BCUT2D eigenvalue weighted by Gasteiger charge is -2.38. The summed E-state index contributed by atoms with van der Waals surface area (Å²) in [7, 11) is 0. The van der Waals surface area contributed by atoms with Crippen molar-refractivity contribution >= 4 is 11.9 Å². The third-order valence-electron chi connectivity index (χ3n) is 9.15. The standard InChI is InChI=1S/C36H54O8/c1-4-5-6-7-28-8-10-29(11-9-28)12-13-30-14-17-32(18-15-30)33-24-41-34(42-25-33)19-16-31(22-43-35(39)26(2)20-37)23-44-36(40)27(3)21-38/h8-11,30-34,37-38H,2-7,12-25H2,1H3. The first-order valence-corrected chi connectivity index (χ1v) is 16.5. The summed E-state index contributed by atoms with van der Waals surface area (Å²) in [4.78, 5) is 23.9. The Morgan fingerprint density at radius 3 is 1.89 bits per heavy atom. The maximum atomic E-state index is 11.9. The van der Waals surface area contributed by atoms with Gasteiger partial charge < -0.3 is 29.2 Å². The molecule has 1 saturated carbocycles. The number of hydrogen-bond acceptors (Lipinski definition) is 8. The number of ether oxygens (including phenoxy) is 4. The molecule has 1 aliphatic carbocycles. The van der Waals surface area contributed by atoms with Crippen LogP contribution in [0.4, 0.5) is 0 Å². The molecule has 1 aromatic rings. The smallest absolute Gasteiger partial charge is 0.335 e. The van der Waals surface area contributed by atoms with Crippen molar-refractivity contribution in [1.82, 2.24) is 0 Å². The predicted molar refractivity (Wildman–Crippen MR) is 170 cm³/mol. The van der Waals surface area contributed by atoms with E-state index in [0.29, 0.717) is 37.9 Å². The number of esters is 2. The van der Waals surface area contributed by atoms with Crippen LogP contribution >= 0.6 is 0 Å². The molecule has 1 aromatic carbocycles. The zero-order chi connectivity index (χ0) is 31.7. The lowest BCUT2D eigenvalue weighted by Crippen LogP contribution is -2.37. The molecular formula is C36H54O8. The molecule has 0 atom stereocenters. The van der Waals surface area contributed by atoms with Gasteiger partial charge in [-0.15, -0.1) is 0 Å². The minimum atomic E-state index is -0.696. The molecule has 44 heavy (non-hydrogen) atoms. The van der Waals surface area contributed by atoms with Crippen LogP contribution in [0, 0.1) is 23.7 Å². The molecule has 2 N–H and O–H groups in total. The van der Waals surface area contributed by atoms with Gasteiger partial charge in [0.2, 0.25) is 0 Å². The first kappa shape index (κ1) is 36.0. The Morgan fingerprint density at radius 2 is 1.36 bits per heavy atom. The molecular weight excluding hydrogens is 560 g/mol. The largest absolute Gasteiger partial charge is 0.462 e. The first-order chi connectivity index (χ1) is 21.3. The van der Waals surface area contributed by atoms with Crippen LogP contribution in [0.25, 0.3) is 0 Å². The van der Waals surface area contributed by atoms with E-state index in [-0.39, 0.29) is 36.6 Å². The van der Waals surface area contributed by atoms with Crippen molar-refractivity contribution in [1.29, 1.82) is 0 Å². The van der Waals surface area contributed by atoms with Gasteiger partial charge in [-0.05, 0) is 74.3 Å². The quantitative estimate of drug-likeness (QED) is 0.116. The Labute approximate surface area is 263 Å². The minimum absolute atomic E-state index is 0.0142. The number of aryl methyl sites for hydroxylation is 2. The Morgan fingerprint density at radius 1 is 0.818 bits per heavy atom. The number of carbonyl (C=O) groups is 2. The van der Waals surface area contributed by atoms with Crippen molar-refractivity contribution in [3.8, 4) is 0 Å². The van der Waals surface area contributed by atoms with Gasteiger partial charge in [-0.2, -0.15) is 0 Å². The number of unbranched alkanes of at least 4 members (excludes halogenated alkanes) is 2. The third-order valence-corrected chi connectivity index (χ3v) is 9.15. The van der Waals surface area contributed by atoms with Crippen molar-refractivity contribution in [3.05, 3.63) is 59.7 Å². The minimum Gasteiger partial charge on any atom is -0.462 e. The van der Waals surface area contributed by atoms with E-state index >= 15 is 0 Å². The summed E-state index contributed by atoms with van der Waals surface area (Å²) in [6, 6.07) is 9.28. The number of hydrogen-bond donors (Lipinski definition) is 2. The molecule has 1 saturated heterocycles. The van der Waals surface area contributed by atoms with Crippen molar-refractivity contribution in [2.24, 2.45) is 23.7 Å². The fraction of sp³-hybridized carbons (Fsp3) is 0.667. The van der Waals surface area contributed by atoms with Gasteiger partial charge in [0, 0.05) is 11.8 Å². The summed E-state index contributed by atoms with van der Waals surface area (Å²) < 4.78 is 22.7. The molecule has 3 rings (SSSR count). The van der Waals surface area contributed by atoms with Crippen molar-refractivity contribution in [2.75, 3.05) is 39.6 Å². The molecule has 1 aliphatic heterocycles. The number of benzene rings is 1. The van der Waals surface area contributed by atoms with Crippen LogP contribution in [0.3, 0.4) is 0 Å². The number of aliphatic hydroxyl groups is 2. The fourth-order valence-corrected chi connectivity index (χ4v) is 6.07. The monoisotopic (exact) mass is 614 g/mol. The molecule has 0 spiro atoms. The molecule has 0 aromatic heterocycles. The van der Waals surface area contributed by atoms with E-state index in [1.54, 1.807) is 0 Å². The molecule has 8 nitrogen and oxygen atoms in total. The SMILES string of the molecule is C=C(CO)C(=O)OCC(CCC1OCC(C2CCC(CCc3ccc(CCCCC)cc3)CC2)CO1)COC(=O)C(=C)CO. The molecule has 8 heteroatoms. The molecule has 2 aliphatic rings. The highest BCUT2D eigenvalue weighted by Gasteiger charge is 2.32. The van der Waals surface area contributed by atoms with E-state index in [4.69, 9.17) is 29.2 Å². The lowest BCUT2D eigenvalue weighted by atomic mass is 9.74. The Balaban J connectivity index is 1.35. The highest BCUT2D eigenvalue weighted by molar-refractivity contribution is 5.88. The maximum absolute atomic E-state index is 11.9. The van der Waals surface area contributed by atoms with Crippen LogP contribution in [0.5, 0.6) is 0 Å². The number of rotatable bonds is 19. The predicted octanol–water partition coefficient (Wildman–Crippen LogP) is 5.73. The van der Waals surface area contributed by atoms with E-state index in [2.05, 4.69) is 44.3 Å². The van der Waals surface area contributed by atoms with E-state index in [0.717, 1.165) is 12.3 Å². The zero-order valence-corrected chi connectivity index (χ0v) is 26.7. The summed E-state index contributed by atoms with van der Waals surface area (Å²) >= 11 is 0. The second kappa shape index (κ2) is 19.8.